The van der Waals surface area contributed by atoms with E-state index in [9.17, 15) is 4.79 Å². The molecule has 2 aromatic carbocycles. The van der Waals surface area contributed by atoms with E-state index in [1.54, 1.807) is 39.5 Å². The van der Waals surface area contributed by atoms with E-state index in [2.05, 4.69) is 5.32 Å². The van der Waals surface area contributed by atoms with Crippen LogP contribution in [0.15, 0.2) is 30.3 Å². The lowest BCUT2D eigenvalue weighted by Crippen LogP contribution is -2.24. The van der Waals surface area contributed by atoms with Crippen LogP contribution in [0.3, 0.4) is 0 Å². The van der Waals surface area contributed by atoms with Crippen molar-refractivity contribution in [3.63, 3.8) is 0 Å². The van der Waals surface area contributed by atoms with Gasteiger partial charge >= 0.3 is 0 Å². The van der Waals surface area contributed by atoms with Gasteiger partial charge in [-0.05, 0) is 25.2 Å². The van der Waals surface area contributed by atoms with Crippen molar-refractivity contribution < 1.29 is 19.0 Å². The summed E-state index contributed by atoms with van der Waals surface area (Å²) in [6.45, 7) is 1.11. The average molecular weight is 427 g/mol. The van der Waals surface area contributed by atoms with Gasteiger partial charge in [0.15, 0.2) is 11.5 Å². The number of hydrogen-bond acceptors (Lipinski definition) is 5. The summed E-state index contributed by atoms with van der Waals surface area (Å²) in [5.41, 5.74) is 1.36. The first kappa shape index (κ1) is 22.1. The van der Waals surface area contributed by atoms with Crippen LogP contribution in [0.25, 0.3) is 0 Å². The van der Waals surface area contributed by atoms with E-state index in [1.807, 2.05) is 24.1 Å². The Morgan fingerprint density at radius 2 is 1.64 bits per heavy atom. The van der Waals surface area contributed by atoms with E-state index in [0.717, 1.165) is 5.56 Å². The number of nitrogens with zero attached hydrogens (tertiary/aromatic N) is 1. The lowest BCUT2D eigenvalue weighted by Gasteiger charge is -2.20. The SMILES string of the molecule is COc1ccc(CN(C)CCC(=O)Nc2c(Cl)cccc2Cl)c(OC)c1OC. The zero-order chi connectivity index (χ0) is 20.7. The van der Waals surface area contributed by atoms with Crippen molar-refractivity contribution in [2.75, 3.05) is 40.2 Å². The molecule has 8 heteroatoms. The highest BCUT2D eigenvalue weighted by atomic mass is 35.5. The maximum absolute atomic E-state index is 12.3. The molecule has 28 heavy (non-hydrogen) atoms. The van der Waals surface area contributed by atoms with Crippen molar-refractivity contribution in [3.8, 4) is 17.2 Å². The Labute approximate surface area is 175 Å². The number of amides is 1. The number of anilines is 1. The second kappa shape index (κ2) is 10.4. The lowest BCUT2D eigenvalue weighted by atomic mass is 10.1. The molecule has 1 N–H and O–H groups in total. The van der Waals surface area contributed by atoms with Gasteiger partial charge in [-0.15, -0.1) is 0 Å². The molecule has 0 bridgehead atoms. The zero-order valence-corrected chi connectivity index (χ0v) is 17.9. The highest BCUT2D eigenvalue weighted by molar-refractivity contribution is 6.39. The molecule has 0 heterocycles. The maximum Gasteiger partial charge on any atom is 0.225 e. The molecule has 152 valence electrons. The number of nitrogens with one attached hydrogen (secondary N) is 1. The molecule has 0 saturated heterocycles. The van der Waals surface area contributed by atoms with Crippen LogP contribution in [-0.2, 0) is 11.3 Å². The van der Waals surface area contributed by atoms with Gasteiger partial charge in [0.1, 0.15) is 0 Å². The Hall–Kier alpha value is -2.15. The van der Waals surface area contributed by atoms with E-state index in [4.69, 9.17) is 37.4 Å². The predicted octanol–water partition coefficient (Wildman–Crippen LogP) is 4.48. The minimum atomic E-state index is -0.166. The lowest BCUT2D eigenvalue weighted by molar-refractivity contribution is -0.116. The fraction of sp³-hybridized carbons (Fsp3) is 0.350. The molecule has 0 aliphatic heterocycles. The summed E-state index contributed by atoms with van der Waals surface area (Å²) in [7, 11) is 6.65. The van der Waals surface area contributed by atoms with Crippen LogP contribution in [0.4, 0.5) is 5.69 Å². The Balaban J connectivity index is 1.99. The topological polar surface area (TPSA) is 60.0 Å². The summed E-state index contributed by atoms with van der Waals surface area (Å²) in [5.74, 6) is 1.59. The Bertz CT molecular complexity index is 810. The van der Waals surface area contributed by atoms with Crippen LogP contribution in [0.5, 0.6) is 17.2 Å². The molecule has 0 fully saturated rings. The monoisotopic (exact) mass is 426 g/mol. The van der Waals surface area contributed by atoms with Crippen molar-refractivity contribution in [1.29, 1.82) is 0 Å². The van der Waals surface area contributed by atoms with Gasteiger partial charge in [-0.2, -0.15) is 0 Å². The van der Waals surface area contributed by atoms with Gasteiger partial charge in [-0.3, -0.25) is 4.79 Å². The minimum absolute atomic E-state index is 0.166. The fourth-order valence-electron chi connectivity index (χ4n) is 2.77. The van der Waals surface area contributed by atoms with Gasteiger partial charge in [-0.25, -0.2) is 0 Å². The van der Waals surface area contributed by atoms with E-state index < -0.39 is 0 Å². The van der Waals surface area contributed by atoms with E-state index >= 15 is 0 Å². The summed E-state index contributed by atoms with van der Waals surface area (Å²) in [5, 5.41) is 3.58. The standard InChI is InChI=1S/C20H24Cl2N2O4/c1-24(11-10-17(25)23-18-14(21)6-5-7-15(18)22)12-13-8-9-16(26-2)20(28-4)19(13)27-3/h5-9H,10-12H2,1-4H3,(H,23,25). The highest BCUT2D eigenvalue weighted by Crippen LogP contribution is 2.40. The van der Waals surface area contributed by atoms with Gasteiger partial charge in [-0.1, -0.05) is 35.3 Å². The smallest absolute Gasteiger partial charge is 0.225 e. The molecule has 2 rings (SSSR count). The Kier molecular flexibility index (Phi) is 8.23. The Morgan fingerprint density at radius 1 is 1.00 bits per heavy atom. The third kappa shape index (κ3) is 5.44. The maximum atomic E-state index is 12.3. The summed E-state index contributed by atoms with van der Waals surface area (Å²) in [4.78, 5) is 14.3. The fourth-order valence-corrected chi connectivity index (χ4v) is 3.26. The van der Waals surface area contributed by atoms with E-state index in [0.29, 0.717) is 46.1 Å². The number of methoxy groups -OCH3 is 3. The molecule has 0 atom stereocenters. The number of carbonyl (C=O) groups excluding carboxylic acids is 1. The second-order valence-electron chi connectivity index (χ2n) is 6.13. The molecule has 0 aromatic heterocycles. The molecule has 2 aromatic rings. The van der Waals surface area contributed by atoms with Crippen molar-refractivity contribution in [2.24, 2.45) is 0 Å². The van der Waals surface area contributed by atoms with Gasteiger partial charge in [0.25, 0.3) is 0 Å². The van der Waals surface area contributed by atoms with Crippen LogP contribution >= 0.6 is 23.2 Å². The van der Waals surface area contributed by atoms with Crippen LogP contribution in [0, 0.1) is 0 Å². The highest BCUT2D eigenvalue weighted by Gasteiger charge is 2.17. The predicted molar refractivity (Wildman–Crippen MR) is 112 cm³/mol. The number of ether oxygens (including phenoxy) is 3. The van der Waals surface area contributed by atoms with Crippen molar-refractivity contribution in [1.82, 2.24) is 4.90 Å². The molecular weight excluding hydrogens is 403 g/mol. The molecule has 0 radical (unpaired) electrons. The van der Waals surface area contributed by atoms with Crippen LogP contribution in [0.2, 0.25) is 10.0 Å². The van der Waals surface area contributed by atoms with Crippen LogP contribution < -0.4 is 19.5 Å². The molecule has 1 amide bonds. The summed E-state index contributed by atoms with van der Waals surface area (Å²) >= 11 is 12.2. The number of halogens is 2. The van der Waals surface area contributed by atoms with Crippen molar-refractivity contribution in [3.05, 3.63) is 45.9 Å². The number of carbonyl (C=O) groups is 1. The third-order valence-electron chi connectivity index (χ3n) is 4.17. The molecule has 0 saturated carbocycles. The second-order valence-corrected chi connectivity index (χ2v) is 6.94. The zero-order valence-electron chi connectivity index (χ0n) is 16.3. The number of hydrogen-bond donors (Lipinski definition) is 1. The van der Waals surface area contributed by atoms with Gasteiger partial charge in [0, 0.05) is 25.1 Å². The third-order valence-corrected chi connectivity index (χ3v) is 4.80. The normalized spacial score (nSPS) is 10.7. The molecule has 0 aliphatic carbocycles. The first-order chi connectivity index (χ1) is 13.4. The Morgan fingerprint density at radius 3 is 2.21 bits per heavy atom. The molecule has 0 aliphatic rings. The molecule has 0 spiro atoms. The number of rotatable bonds is 9. The quantitative estimate of drug-likeness (QED) is 0.640. The van der Waals surface area contributed by atoms with Crippen LogP contribution in [0.1, 0.15) is 12.0 Å². The number of para-hydroxylation sites is 1. The molecular formula is C20H24Cl2N2O4. The van der Waals surface area contributed by atoms with Gasteiger partial charge in [0.2, 0.25) is 11.7 Å². The first-order valence-electron chi connectivity index (χ1n) is 8.61. The summed E-state index contributed by atoms with van der Waals surface area (Å²) in [6.07, 6.45) is 0.285. The van der Waals surface area contributed by atoms with Crippen LogP contribution in [-0.4, -0.2) is 45.7 Å². The summed E-state index contributed by atoms with van der Waals surface area (Å²) < 4.78 is 16.2. The first-order valence-corrected chi connectivity index (χ1v) is 9.37. The molecule has 0 unspecified atom stereocenters. The van der Waals surface area contributed by atoms with Crippen molar-refractivity contribution >= 4 is 34.8 Å². The summed E-state index contributed by atoms with van der Waals surface area (Å²) in [6, 6.07) is 8.83. The van der Waals surface area contributed by atoms with E-state index in [1.165, 1.54) is 0 Å². The van der Waals surface area contributed by atoms with Crippen molar-refractivity contribution in [2.45, 2.75) is 13.0 Å². The van der Waals surface area contributed by atoms with Gasteiger partial charge in [0.05, 0.1) is 37.1 Å². The number of benzene rings is 2. The largest absolute Gasteiger partial charge is 0.493 e. The minimum Gasteiger partial charge on any atom is -0.493 e. The van der Waals surface area contributed by atoms with E-state index in [-0.39, 0.29) is 12.3 Å². The van der Waals surface area contributed by atoms with Gasteiger partial charge < -0.3 is 24.4 Å². The molecule has 6 nitrogen and oxygen atoms in total. The average Bonchev–Trinajstić information content (AvgIpc) is 2.68.